The summed E-state index contributed by atoms with van der Waals surface area (Å²) in [6.45, 7) is 10.9. The fraction of sp³-hybridized carbons (Fsp3) is 0.861. The van der Waals surface area contributed by atoms with Gasteiger partial charge in [0.1, 0.15) is 30.2 Å². The standard InChI is InChI=1S/C36H56O12/c1-32(2)19-7-8-24-33(3)12-22-29(35(5,45)11-18(46-22)9-17(14-37)15-38)34(33,4)13-25(41)36(24,6)20(19)10-21(40)30(32)48-31-28(44)27(43)26(42)23(16-39)47-31/h7,9,18,20-24,26-31,37-40,42-45H,8,10-16H2,1-6H3/t18?,20-,21?,22?,23-,24+,26-,27+,28-,29+,30?,31+,33+,34-,35+,36+/m1/s1. The summed E-state index contributed by atoms with van der Waals surface area (Å²) in [6, 6.07) is 0. The number of hydrogen-bond donors (Lipinski definition) is 8. The molecule has 2 heterocycles. The van der Waals surface area contributed by atoms with E-state index in [-0.39, 0.29) is 62.1 Å². The molecule has 48 heavy (non-hydrogen) atoms. The van der Waals surface area contributed by atoms with Gasteiger partial charge >= 0.3 is 0 Å². The van der Waals surface area contributed by atoms with Crippen molar-refractivity contribution in [1.82, 2.24) is 0 Å². The number of ether oxygens (including phenoxy) is 3. The van der Waals surface area contributed by atoms with Gasteiger partial charge in [-0.05, 0) is 54.4 Å². The lowest BCUT2D eigenvalue weighted by Gasteiger charge is -2.65. The van der Waals surface area contributed by atoms with E-state index in [9.17, 15) is 45.6 Å². The normalized spacial score (nSPS) is 52.8. The molecule has 4 aliphatic carbocycles. The Hall–Kier alpha value is -1.29. The third-order valence-corrected chi connectivity index (χ3v) is 14.2. The monoisotopic (exact) mass is 680 g/mol. The van der Waals surface area contributed by atoms with Crippen LogP contribution in [0, 0.1) is 39.4 Å². The molecular weight excluding hydrogens is 624 g/mol. The van der Waals surface area contributed by atoms with E-state index in [1.807, 2.05) is 27.7 Å². The first-order valence-electron chi connectivity index (χ1n) is 17.5. The van der Waals surface area contributed by atoms with Crippen molar-refractivity contribution in [2.24, 2.45) is 39.4 Å². The lowest BCUT2D eigenvalue weighted by Crippen LogP contribution is -2.66. The van der Waals surface area contributed by atoms with Crippen LogP contribution in [0.15, 0.2) is 23.3 Å². The third kappa shape index (κ3) is 5.08. The second kappa shape index (κ2) is 12.2. The van der Waals surface area contributed by atoms with Gasteiger partial charge in [-0.15, -0.1) is 0 Å². The van der Waals surface area contributed by atoms with E-state index in [4.69, 9.17) is 14.2 Å². The topological polar surface area (TPSA) is 207 Å². The molecule has 2 aliphatic heterocycles. The second-order valence-corrected chi connectivity index (χ2v) is 17.1. The Bertz CT molecular complexity index is 1320. The van der Waals surface area contributed by atoms with Gasteiger partial charge < -0.3 is 55.1 Å². The Labute approximate surface area is 282 Å². The fourth-order valence-electron chi connectivity index (χ4n) is 11.6. The molecule has 0 aromatic heterocycles. The van der Waals surface area contributed by atoms with Crippen molar-refractivity contribution < 1.29 is 59.9 Å². The number of allylic oxidation sites excluding steroid dienone is 1. The van der Waals surface area contributed by atoms with Crippen molar-refractivity contribution in [2.75, 3.05) is 19.8 Å². The van der Waals surface area contributed by atoms with Gasteiger partial charge in [-0.2, -0.15) is 0 Å². The molecule has 0 aromatic rings. The summed E-state index contributed by atoms with van der Waals surface area (Å²) in [5.74, 6) is -0.628. The summed E-state index contributed by atoms with van der Waals surface area (Å²) in [5, 5.41) is 84.0. The zero-order chi connectivity index (χ0) is 35.4. The number of rotatable bonds is 6. The van der Waals surface area contributed by atoms with Gasteiger partial charge in [-0.25, -0.2) is 0 Å². The molecule has 5 fully saturated rings. The van der Waals surface area contributed by atoms with Crippen LogP contribution in [0.2, 0.25) is 0 Å². The maximum atomic E-state index is 14.7. The predicted octanol–water partition coefficient (Wildman–Crippen LogP) is 0.356. The first-order valence-corrected chi connectivity index (χ1v) is 17.5. The highest BCUT2D eigenvalue weighted by molar-refractivity contribution is 5.88. The highest BCUT2D eigenvalue weighted by atomic mass is 16.7. The Morgan fingerprint density at radius 1 is 0.938 bits per heavy atom. The Kier molecular flexibility index (Phi) is 9.24. The number of hydrogen-bond acceptors (Lipinski definition) is 12. The van der Waals surface area contributed by atoms with Gasteiger partial charge in [0, 0.05) is 29.6 Å². The minimum absolute atomic E-state index is 0.0979. The summed E-state index contributed by atoms with van der Waals surface area (Å²) in [7, 11) is 0. The number of carbonyl (C=O) groups excluding carboxylic acids is 1. The van der Waals surface area contributed by atoms with E-state index in [1.165, 1.54) is 0 Å². The molecule has 0 spiro atoms. The zero-order valence-corrected chi connectivity index (χ0v) is 29.0. The van der Waals surface area contributed by atoms with Crippen LogP contribution in [-0.4, -0.2) is 127 Å². The molecule has 12 nitrogen and oxygen atoms in total. The van der Waals surface area contributed by atoms with Gasteiger partial charge in [0.25, 0.3) is 0 Å². The molecule has 6 rings (SSSR count). The molecule has 8 N–H and O–H groups in total. The smallest absolute Gasteiger partial charge is 0.187 e. The van der Waals surface area contributed by atoms with E-state index in [0.717, 1.165) is 5.57 Å². The Balaban J connectivity index is 1.32. The maximum Gasteiger partial charge on any atom is 0.187 e. The molecule has 272 valence electrons. The van der Waals surface area contributed by atoms with Crippen LogP contribution >= 0.6 is 0 Å². The fourth-order valence-corrected chi connectivity index (χ4v) is 11.6. The molecule has 16 atom stereocenters. The van der Waals surface area contributed by atoms with Crippen molar-refractivity contribution in [3.63, 3.8) is 0 Å². The minimum atomic E-state index is -1.61. The molecule has 4 unspecified atom stereocenters. The van der Waals surface area contributed by atoms with Crippen LogP contribution in [0.4, 0.5) is 0 Å². The highest BCUT2D eigenvalue weighted by Crippen LogP contribution is 2.75. The number of Topliss-reactive ketones (excluding diaryl/α,β-unsaturated/α-hetero) is 1. The number of aliphatic hydroxyl groups excluding tert-OH is 7. The molecule has 2 saturated heterocycles. The molecule has 12 heteroatoms. The molecule has 0 amide bonds. The average Bonchev–Trinajstić information content (AvgIpc) is 3.24. The molecule has 0 aromatic carbocycles. The quantitative estimate of drug-likeness (QED) is 0.179. The average molecular weight is 681 g/mol. The van der Waals surface area contributed by atoms with E-state index in [2.05, 4.69) is 19.9 Å². The molecule has 3 saturated carbocycles. The summed E-state index contributed by atoms with van der Waals surface area (Å²) >= 11 is 0. The van der Waals surface area contributed by atoms with E-state index >= 15 is 0 Å². The van der Waals surface area contributed by atoms with Gasteiger partial charge in [-0.1, -0.05) is 52.3 Å². The lowest BCUT2D eigenvalue weighted by molar-refractivity contribution is -0.327. The first-order chi connectivity index (χ1) is 22.3. The summed E-state index contributed by atoms with van der Waals surface area (Å²) in [6.07, 6.45) is -4.22. The second-order valence-electron chi connectivity index (χ2n) is 17.1. The Morgan fingerprint density at radius 3 is 2.23 bits per heavy atom. The molecule has 6 aliphatic rings. The minimum Gasteiger partial charge on any atom is -0.394 e. The number of ketones is 1. The van der Waals surface area contributed by atoms with Gasteiger partial charge in [-0.3, -0.25) is 4.79 Å². The van der Waals surface area contributed by atoms with Gasteiger partial charge in [0.2, 0.25) is 0 Å². The predicted molar refractivity (Wildman–Crippen MR) is 171 cm³/mol. The number of fused-ring (bicyclic) bond motifs is 7. The van der Waals surface area contributed by atoms with Crippen molar-refractivity contribution in [2.45, 2.75) is 134 Å². The van der Waals surface area contributed by atoms with Crippen LogP contribution in [0.25, 0.3) is 0 Å². The molecule has 0 radical (unpaired) electrons. The van der Waals surface area contributed by atoms with Crippen molar-refractivity contribution in [3.05, 3.63) is 23.3 Å². The number of aliphatic hydroxyl groups is 8. The van der Waals surface area contributed by atoms with Crippen molar-refractivity contribution >= 4 is 5.78 Å². The van der Waals surface area contributed by atoms with Gasteiger partial charge in [0.15, 0.2) is 6.29 Å². The summed E-state index contributed by atoms with van der Waals surface area (Å²) in [4.78, 5) is 14.7. The van der Waals surface area contributed by atoms with Crippen LogP contribution in [0.5, 0.6) is 0 Å². The van der Waals surface area contributed by atoms with Crippen LogP contribution in [0.3, 0.4) is 0 Å². The van der Waals surface area contributed by atoms with E-state index in [0.29, 0.717) is 18.4 Å². The Morgan fingerprint density at radius 2 is 1.60 bits per heavy atom. The summed E-state index contributed by atoms with van der Waals surface area (Å²) < 4.78 is 18.4. The first kappa shape index (κ1) is 36.5. The molecule has 0 bridgehead atoms. The zero-order valence-electron chi connectivity index (χ0n) is 29.0. The van der Waals surface area contributed by atoms with Crippen molar-refractivity contribution in [1.29, 1.82) is 0 Å². The van der Waals surface area contributed by atoms with Crippen LogP contribution in [-0.2, 0) is 19.0 Å². The summed E-state index contributed by atoms with van der Waals surface area (Å²) in [5.41, 5.74) is -2.38. The lowest BCUT2D eigenvalue weighted by atomic mass is 9.38. The van der Waals surface area contributed by atoms with E-state index < -0.39 is 82.9 Å². The van der Waals surface area contributed by atoms with Crippen LogP contribution in [0.1, 0.15) is 73.6 Å². The largest absolute Gasteiger partial charge is 0.394 e. The van der Waals surface area contributed by atoms with Crippen LogP contribution < -0.4 is 0 Å². The van der Waals surface area contributed by atoms with Crippen molar-refractivity contribution in [3.8, 4) is 0 Å². The maximum absolute atomic E-state index is 14.7. The number of carbonyl (C=O) groups is 1. The third-order valence-electron chi connectivity index (χ3n) is 14.2. The highest BCUT2D eigenvalue weighted by Gasteiger charge is 2.75. The van der Waals surface area contributed by atoms with E-state index in [1.54, 1.807) is 6.08 Å². The van der Waals surface area contributed by atoms with Gasteiger partial charge in [0.05, 0.1) is 49.8 Å². The SMILES string of the molecule is CC1(C)C2=CC[C@@H]3[C@@](C)(C(=O)C[C@]4(C)[C@@H]5C(C[C@@]34C)OC(C=C(CO)CO)C[C@]5(C)O)[C@@H]2CC(O)C1O[C@@H]1O[C@H](CO)[C@@H](O)[C@H](O)[C@H]1O. The molecular formula is C36H56O12.